The van der Waals surface area contributed by atoms with Crippen molar-refractivity contribution in [2.24, 2.45) is 0 Å². The summed E-state index contributed by atoms with van der Waals surface area (Å²) >= 11 is 2.40. The fourth-order valence-corrected chi connectivity index (χ4v) is 4.90. The predicted molar refractivity (Wildman–Crippen MR) is 107 cm³/mol. The normalized spacial score (nSPS) is 15.8. The Kier molecular flexibility index (Phi) is 4.81. The van der Waals surface area contributed by atoms with E-state index in [1.54, 1.807) is 12.3 Å². The minimum absolute atomic E-state index is 0.124. The molecular weight excluding hydrogens is 396 g/mol. The van der Waals surface area contributed by atoms with E-state index < -0.39 is 6.04 Å². The Hall–Kier alpha value is -3.22. The Morgan fingerprint density at radius 3 is 2.86 bits per heavy atom. The SMILES string of the molecule is N#Cc1c(NC2CCOC2=O)sc(C(=O)c2ccc(-c3ccccn3)s2)c1N. The summed E-state index contributed by atoms with van der Waals surface area (Å²) in [6, 6.07) is 10.6. The molecule has 4 heterocycles. The van der Waals surface area contributed by atoms with E-state index in [9.17, 15) is 14.9 Å². The summed E-state index contributed by atoms with van der Waals surface area (Å²) in [5.74, 6) is -0.629. The molecule has 3 aromatic heterocycles. The number of ether oxygens (including phenoxy) is 1. The van der Waals surface area contributed by atoms with Gasteiger partial charge < -0.3 is 15.8 Å². The summed E-state index contributed by atoms with van der Waals surface area (Å²) in [7, 11) is 0. The van der Waals surface area contributed by atoms with E-state index in [1.807, 2.05) is 30.3 Å². The number of pyridine rings is 1. The van der Waals surface area contributed by atoms with Crippen LogP contribution in [-0.4, -0.2) is 29.4 Å². The third-order valence-electron chi connectivity index (χ3n) is 4.25. The highest BCUT2D eigenvalue weighted by Gasteiger charge is 2.30. The minimum atomic E-state index is -0.536. The lowest BCUT2D eigenvalue weighted by molar-refractivity contribution is -0.138. The van der Waals surface area contributed by atoms with Crippen LogP contribution < -0.4 is 11.1 Å². The van der Waals surface area contributed by atoms with Crippen molar-refractivity contribution in [3.63, 3.8) is 0 Å². The molecule has 1 unspecified atom stereocenters. The van der Waals surface area contributed by atoms with Crippen molar-refractivity contribution in [1.29, 1.82) is 5.26 Å². The van der Waals surface area contributed by atoms with Crippen LogP contribution >= 0.6 is 22.7 Å². The molecule has 0 amide bonds. The van der Waals surface area contributed by atoms with Gasteiger partial charge in [-0.3, -0.25) is 9.78 Å². The van der Waals surface area contributed by atoms with Gasteiger partial charge in [-0.05, 0) is 24.3 Å². The van der Waals surface area contributed by atoms with Crippen LogP contribution in [0.25, 0.3) is 10.6 Å². The molecule has 4 rings (SSSR count). The summed E-state index contributed by atoms with van der Waals surface area (Å²) in [6.45, 7) is 0.330. The van der Waals surface area contributed by atoms with Crippen LogP contribution in [0, 0.1) is 11.3 Å². The van der Waals surface area contributed by atoms with Crippen LogP contribution in [0.4, 0.5) is 10.7 Å². The Morgan fingerprint density at radius 1 is 1.32 bits per heavy atom. The quantitative estimate of drug-likeness (QED) is 0.489. The Bertz CT molecular complexity index is 1100. The summed E-state index contributed by atoms with van der Waals surface area (Å²) in [5, 5.41) is 12.9. The smallest absolute Gasteiger partial charge is 0.328 e. The number of hydrogen-bond acceptors (Lipinski definition) is 9. The molecule has 1 saturated heterocycles. The fraction of sp³-hybridized carbons (Fsp3) is 0.158. The molecule has 3 N–H and O–H groups in total. The van der Waals surface area contributed by atoms with Crippen LogP contribution in [0.15, 0.2) is 36.5 Å². The zero-order valence-electron chi connectivity index (χ0n) is 14.5. The van der Waals surface area contributed by atoms with Crippen LogP contribution in [0.5, 0.6) is 0 Å². The molecule has 0 aliphatic carbocycles. The molecule has 1 atom stereocenters. The number of hydrogen-bond donors (Lipinski definition) is 2. The first-order valence-corrected chi connectivity index (χ1v) is 10.0. The van der Waals surface area contributed by atoms with Crippen molar-refractivity contribution in [1.82, 2.24) is 4.98 Å². The molecule has 7 nitrogen and oxygen atoms in total. The van der Waals surface area contributed by atoms with Gasteiger partial charge in [0.1, 0.15) is 27.6 Å². The highest BCUT2D eigenvalue weighted by atomic mass is 32.1. The van der Waals surface area contributed by atoms with E-state index in [2.05, 4.69) is 10.3 Å². The van der Waals surface area contributed by atoms with E-state index >= 15 is 0 Å². The second kappa shape index (κ2) is 7.42. The minimum Gasteiger partial charge on any atom is -0.464 e. The molecule has 140 valence electrons. The molecule has 0 bridgehead atoms. The first-order chi connectivity index (χ1) is 13.6. The van der Waals surface area contributed by atoms with Gasteiger partial charge in [0.05, 0.1) is 27.7 Å². The molecule has 0 saturated carbocycles. The molecule has 1 fully saturated rings. The zero-order chi connectivity index (χ0) is 19.7. The maximum absolute atomic E-state index is 13.0. The number of esters is 1. The van der Waals surface area contributed by atoms with Crippen LogP contribution in [0.3, 0.4) is 0 Å². The number of cyclic esters (lactones) is 1. The van der Waals surface area contributed by atoms with Crippen molar-refractivity contribution < 1.29 is 14.3 Å². The number of aromatic nitrogens is 1. The number of nitrogens with two attached hydrogens (primary N) is 1. The van der Waals surface area contributed by atoms with Crippen molar-refractivity contribution in [2.75, 3.05) is 17.7 Å². The highest BCUT2D eigenvalue weighted by Crippen LogP contribution is 2.39. The maximum Gasteiger partial charge on any atom is 0.328 e. The Morgan fingerprint density at radius 2 is 2.18 bits per heavy atom. The van der Waals surface area contributed by atoms with Crippen LogP contribution in [0.1, 0.15) is 26.5 Å². The van der Waals surface area contributed by atoms with Gasteiger partial charge in [-0.2, -0.15) is 5.26 Å². The molecular formula is C19H14N4O3S2. The van der Waals surface area contributed by atoms with Crippen LogP contribution in [0.2, 0.25) is 0 Å². The van der Waals surface area contributed by atoms with Gasteiger partial charge in [0, 0.05) is 12.6 Å². The third kappa shape index (κ3) is 3.24. The van der Waals surface area contributed by atoms with Gasteiger partial charge in [-0.1, -0.05) is 6.07 Å². The average molecular weight is 410 g/mol. The highest BCUT2D eigenvalue weighted by molar-refractivity contribution is 7.21. The van der Waals surface area contributed by atoms with Crippen molar-refractivity contribution >= 4 is 45.1 Å². The number of ketones is 1. The van der Waals surface area contributed by atoms with E-state index in [-0.39, 0.29) is 27.9 Å². The lowest BCUT2D eigenvalue weighted by Crippen LogP contribution is -2.24. The van der Waals surface area contributed by atoms with Gasteiger partial charge in [0.2, 0.25) is 5.78 Å². The number of nitrogens with zero attached hydrogens (tertiary/aromatic N) is 2. The number of carbonyl (C=O) groups is 2. The number of rotatable bonds is 5. The number of nitriles is 1. The summed E-state index contributed by atoms with van der Waals surface area (Å²) in [5.41, 5.74) is 7.17. The molecule has 3 aromatic rings. The standard InChI is InChI=1S/C19H14N4O3S2/c20-9-10-15(21)17(28-18(10)23-12-6-8-26-19(12)25)16(24)14-5-4-13(27-14)11-3-1-2-7-22-11/h1-5,7,12,23H,6,8,21H2. The lowest BCUT2D eigenvalue weighted by Gasteiger charge is -2.07. The van der Waals surface area contributed by atoms with Crippen LogP contribution in [-0.2, 0) is 9.53 Å². The molecule has 28 heavy (non-hydrogen) atoms. The van der Waals surface area contributed by atoms with E-state index in [0.29, 0.717) is 22.9 Å². The summed E-state index contributed by atoms with van der Waals surface area (Å²) < 4.78 is 4.93. The third-order valence-corrected chi connectivity index (χ3v) is 6.49. The summed E-state index contributed by atoms with van der Waals surface area (Å²) in [4.78, 5) is 30.6. The maximum atomic E-state index is 13.0. The molecule has 1 aliphatic heterocycles. The topological polar surface area (TPSA) is 118 Å². The molecule has 0 radical (unpaired) electrons. The summed E-state index contributed by atoms with van der Waals surface area (Å²) in [6.07, 6.45) is 2.20. The van der Waals surface area contributed by atoms with E-state index in [4.69, 9.17) is 10.5 Å². The van der Waals surface area contributed by atoms with Crippen molar-refractivity contribution in [3.8, 4) is 16.6 Å². The number of thiophene rings is 2. The number of anilines is 2. The fourth-order valence-electron chi connectivity index (χ4n) is 2.83. The molecule has 0 spiro atoms. The molecule has 0 aromatic carbocycles. The van der Waals surface area contributed by atoms with E-state index in [0.717, 1.165) is 21.9 Å². The number of nitrogen functional groups attached to an aromatic ring is 1. The number of carbonyl (C=O) groups excluding carboxylic acids is 2. The Labute approximate surface area is 168 Å². The van der Waals surface area contributed by atoms with Gasteiger partial charge in [-0.15, -0.1) is 22.7 Å². The first kappa shape index (κ1) is 18.2. The average Bonchev–Trinajstić information content (AvgIpc) is 3.42. The second-order valence-corrected chi connectivity index (χ2v) is 8.13. The van der Waals surface area contributed by atoms with Gasteiger partial charge in [0.25, 0.3) is 0 Å². The largest absolute Gasteiger partial charge is 0.464 e. The first-order valence-electron chi connectivity index (χ1n) is 8.40. The molecule has 9 heteroatoms. The number of nitrogens with one attached hydrogen (secondary N) is 1. The lowest BCUT2D eigenvalue weighted by atomic mass is 10.2. The van der Waals surface area contributed by atoms with Gasteiger partial charge in [-0.25, -0.2) is 4.79 Å². The second-order valence-electron chi connectivity index (χ2n) is 6.02. The Balaban J connectivity index is 1.64. The van der Waals surface area contributed by atoms with Gasteiger partial charge >= 0.3 is 5.97 Å². The van der Waals surface area contributed by atoms with Crippen molar-refractivity contribution in [2.45, 2.75) is 12.5 Å². The molecule has 1 aliphatic rings. The predicted octanol–water partition coefficient (Wildman–Crippen LogP) is 3.28. The zero-order valence-corrected chi connectivity index (χ0v) is 16.1. The van der Waals surface area contributed by atoms with Crippen molar-refractivity contribution in [3.05, 3.63) is 51.8 Å². The van der Waals surface area contributed by atoms with E-state index in [1.165, 1.54) is 11.3 Å². The monoisotopic (exact) mass is 410 g/mol. The van der Waals surface area contributed by atoms with Gasteiger partial charge in [0.15, 0.2) is 0 Å².